The van der Waals surface area contributed by atoms with Gasteiger partial charge in [0.05, 0.1) is 0 Å². The molecule has 0 heterocycles. The standard InChI is InChI=1S/C16H16/c1-3-13-11-8-12-14(4-2)16(13)15-9-6-5-7-10-15/h3,5-12H,1,4H2,2H3. The third-order valence-electron chi connectivity index (χ3n) is 2.85. The predicted molar refractivity (Wildman–Crippen MR) is 71.3 cm³/mol. The molecule has 0 aliphatic rings. The second kappa shape index (κ2) is 4.80. The minimum absolute atomic E-state index is 1.05. The highest BCUT2D eigenvalue weighted by atomic mass is 14.1. The summed E-state index contributed by atoms with van der Waals surface area (Å²) < 4.78 is 0. The van der Waals surface area contributed by atoms with Crippen LogP contribution in [-0.2, 0) is 6.42 Å². The highest BCUT2D eigenvalue weighted by Crippen LogP contribution is 2.28. The summed E-state index contributed by atoms with van der Waals surface area (Å²) in [5.41, 5.74) is 5.18. The Balaban J connectivity index is 2.66. The Labute approximate surface area is 97.3 Å². The fourth-order valence-corrected chi connectivity index (χ4v) is 2.04. The van der Waals surface area contributed by atoms with Crippen molar-refractivity contribution >= 4 is 6.08 Å². The fraction of sp³-hybridized carbons (Fsp3) is 0.125. The smallest absolute Gasteiger partial charge is 0.00797 e. The van der Waals surface area contributed by atoms with E-state index in [9.17, 15) is 0 Å². The maximum absolute atomic E-state index is 3.89. The maximum Gasteiger partial charge on any atom is -0.00797 e. The average molecular weight is 208 g/mol. The summed E-state index contributed by atoms with van der Waals surface area (Å²) in [5, 5.41) is 0. The van der Waals surface area contributed by atoms with Gasteiger partial charge in [0.25, 0.3) is 0 Å². The molecule has 0 saturated carbocycles. The van der Waals surface area contributed by atoms with Gasteiger partial charge in [-0.3, -0.25) is 0 Å². The summed E-state index contributed by atoms with van der Waals surface area (Å²) in [6, 6.07) is 16.9. The van der Waals surface area contributed by atoms with Gasteiger partial charge in [0.2, 0.25) is 0 Å². The van der Waals surface area contributed by atoms with Crippen LogP contribution in [0.1, 0.15) is 18.1 Å². The van der Waals surface area contributed by atoms with Gasteiger partial charge in [-0.1, -0.05) is 68.1 Å². The van der Waals surface area contributed by atoms with E-state index < -0.39 is 0 Å². The molecule has 0 aliphatic heterocycles. The zero-order valence-corrected chi connectivity index (χ0v) is 9.61. The molecule has 80 valence electrons. The highest BCUT2D eigenvalue weighted by Gasteiger charge is 2.06. The topological polar surface area (TPSA) is 0 Å². The van der Waals surface area contributed by atoms with Gasteiger partial charge >= 0.3 is 0 Å². The second-order valence-corrected chi connectivity index (χ2v) is 3.81. The molecule has 2 aromatic carbocycles. The van der Waals surface area contributed by atoms with Gasteiger partial charge in [-0.05, 0) is 28.7 Å². The van der Waals surface area contributed by atoms with Crippen LogP contribution in [0.2, 0.25) is 0 Å². The summed E-state index contributed by atoms with van der Waals surface area (Å²) in [6.07, 6.45) is 2.98. The molecular weight excluding hydrogens is 192 g/mol. The number of hydrogen-bond acceptors (Lipinski definition) is 0. The SMILES string of the molecule is C=Cc1cccc(CC)c1-c1ccccc1. The van der Waals surface area contributed by atoms with E-state index in [1.54, 1.807) is 0 Å². The lowest BCUT2D eigenvalue weighted by Gasteiger charge is -2.11. The lowest BCUT2D eigenvalue weighted by molar-refractivity contribution is 1.14. The van der Waals surface area contributed by atoms with Crippen LogP contribution in [0.5, 0.6) is 0 Å². The lowest BCUT2D eigenvalue weighted by atomic mass is 9.93. The van der Waals surface area contributed by atoms with Crippen molar-refractivity contribution in [1.82, 2.24) is 0 Å². The molecule has 0 nitrogen and oxygen atoms in total. The molecule has 0 spiro atoms. The van der Waals surface area contributed by atoms with Gasteiger partial charge in [-0.25, -0.2) is 0 Å². The largest absolute Gasteiger partial charge is 0.0984 e. The van der Waals surface area contributed by atoms with Crippen LogP contribution in [0.25, 0.3) is 17.2 Å². The predicted octanol–water partition coefficient (Wildman–Crippen LogP) is 4.56. The van der Waals surface area contributed by atoms with Crippen LogP contribution in [0, 0.1) is 0 Å². The van der Waals surface area contributed by atoms with Gasteiger partial charge in [-0.2, -0.15) is 0 Å². The first-order valence-corrected chi connectivity index (χ1v) is 5.66. The summed E-state index contributed by atoms with van der Waals surface area (Å²) in [4.78, 5) is 0. The molecule has 0 N–H and O–H groups in total. The van der Waals surface area contributed by atoms with Gasteiger partial charge in [0.1, 0.15) is 0 Å². The molecular formula is C16H16. The zero-order chi connectivity index (χ0) is 11.4. The number of benzene rings is 2. The minimum atomic E-state index is 1.05. The van der Waals surface area contributed by atoms with Crippen molar-refractivity contribution in [2.45, 2.75) is 13.3 Å². The molecule has 0 unspecified atom stereocenters. The average Bonchev–Trinajstić information content (AvgIpc) is 2.38. The summed E-state index contributed by atoms with van der Waals surface area (Å²) in [7, 11) is 0. The van der Waals surface area contributed by atoms with Gasteiger partial charge < -0.3 is 0 Å². The normalized spacial score (nSPS) is 10.1. The third kappa shape index (κ3) is 1.92. The van der Waals surface area contributed by atoms with E-state index in [4.69, 9.17) is 0 Å². The highest BCUT2D eigenvalue weighted by molar-refractivity contribution is 5.77. The van der Waals surface area contributed by atoms with Crippen LogP contribution >= 0.6 is 0 Å². The Bertz CT molecular complexity index is 481. The van der Waals surface area contributed by atoms with Crippen LogP contribution < -0.4 is 0 Å². The molecule has 0 heteroatoms. The van der Waals surface area contributed by atoms with Crippen LogP contribution in [0.15, 0.2) is 55.1 Å². The third-order valence-corrected chi connectivity index (χ3v) is 2.85. The Morgan fingerprint density at radius 3 is 2.38 bits per heavy atom. The molecule has 2 rings (SSSR count). The van der Waals surface area contributed by atoms with Crippen LogP contribution in [0.3, 0.4) is 0 Å². The Morgan fingerprint density at radius 2 is 1.75 bits per heavy atom. The van der Waals surface area contributed by atoms with Gasteiger partial charge in [0.15, 0.2) is 0 Å². The van der Waals surface area contributed by atoms with Gasteiger partial charge in [0, 0.05) is 0 Å². The summed E-state index contributed by atoms with van der Waals surface area (Å²) in [6.45, 7) is 6.08. The summed E-state index contributed by atoms with van der Waals surface area (Å²) >= 11 is 0. The first kappa shape index (κ1) is 10.7. The van der Waals surface area contributed by atoms with E-state index in [-0.39, 0.29) is 0 Å². The summed E-state index contributed by atoms with van der Waals surface area (Å²) in [5.74, 6) is 0. The molecule has 0 amide bonds. The monoisotopic (exact) mass is 208 g/mol. The van der Waals surface area contributed by atoms with Crippen molar-refractivity contribution < 1.29 is 0 Å². The van der Waals surface area contributed by atoms with Crippen molar-refractivity contribution in [1.29, 1.82) is 0 Å². The van der Waals surface area contributed by atoms with E-state index in [0.717, 1.165) is 6.42 Å². The first-order chi connectivity index (χ1) is 7.86. The number of aryl methyl sites for hydroxylation is 1. The van der Waals surface area contributed by atoms with Crippen molar-refractivity contribution in [2.75, 3.05) is 0 Å². The zero-order valence-electron chi connectivity index (χ0n) is 9.61. The van der Waals surface area contributed by atoms with Crippen molar-refractivity contribution in [3.05, 3.63) is 66.2 Å². The molecule has 0 atom stereocenters. The van der Waals surface area contributed by atoms with Crippen molar-refractivity contribution in [2.24, 2.45) is 0 Å². The maximum atomic E-state index is 3.89. The molecule has 0 bridgehead atoms. The molecule has 2 aromatic rings. The Kier molecular flexibility index (Phi) is 3.21. The minimum Gasteiger partial charge on any atom is -0.0984 e. The number of hydrogen-bond donors (Lipinski definition) is 0. The molecule has 0 aromatic heterocycles. The molecule has 16 heavy (non-hydrogen) atoms. The van der Waals surface area contributed by atoms with Crippen LogP contribution in [-0.4, -0.2) is 0 Å². The van der Waals surface area contributed by atoms with E-state index in [0.29, 0.717) is 0 Å². The van der Waals surface area contributed by atoms with Crippen LogP contribution in [0.4, 0.5) is 0 Å². The molecule has 0 fully saturated rings. The molecule has 0 radical (unpaired) electrons. The van der Waals surface area contributed by atoms with E-state index in [1.165, 1.54) is 22.3 Å². The Hall–Kier alpha value is -1.82. The van der Waals surface area contributed by atoms with Crippen molar-refractivity contribution in [3.8, 4) is 11.1 Å². The fourth-order valence-electron chi connectivity index (χ4n) is 2.04. The quantitative estimate of drug-likeness (QED) is 0.693. The van der Waals surface area contributed by atoms with E-state index >= 15 is 0 Å². The first-order valence-electron chi connectivity index (χ1n) is 5.66. The molecule has 0 aliphatic carbocycles. The van der Waals surface area contributed by atoms with E-state index in [1.807, 2.05) is 12.1 Å². The van der Waals surface area contributed by atoms with E-state index in [2.05, 4.69) is 56.0 Å². The molecule has 0 saturated heterocycles. The Morgan fingerprint density at radius 1 is 1.00 bits per heavy atom. The number of rotatable bonds is 3. The lowest BCUT2D eigenvalue weighted by Crippen LogP contribution is -1.90. The van der Waals surface area contributed by atoms with Gasteiger partial charge in [-0.15, -0.1) is 0 Å². The second-order valence-electron chi connectivity index (χ2n) is 3.81. The van der Waals surface area contributed by atoms with Crippen molar-refractivity contribution in [3.63, 3.8) is 0 Å².